The molecule has 0 bridgehead atoms. The number of nitrogens with zero attached hydrogens (tertiary/aromatic N) is 3. The topological polar surface area (TPSA) is 88.7 Å². The Labute approximate surface area is 129 Å². The number of amides is 1. The van der Waals surface area contributed by atoms with Gasteiger partial charge in [-0.3, -0.25) is 4.79 Å². The minimum Gasteiger partial charge on any atom is -0.393 e. The number of aryl methyl sites for hydroxylation is 1. The molecule has 2 aliphatic rings. The molecule has 1 spiro atoms. The van der Waals surface area contributed by atoms with Crippen molar-refractivity contribution in [2.75, 3.05) is 13.1 Å². The molecule has 1 N–H and O–H groups in total. The molecule has 1 aromatic rings. The molecule has 3 rings (SSSR count). The smallest absolute Gasteiger partial charge is 0.278 e. The molecule has 7 heteroatoms. The molecule has 122 valence electrons. The monoisotopic (exact) mass is 309 g/mol. The van der Waals surface area contributed by atoms with Crippen molar-refractivity contribution in [2.45, 2.75) is 63.8 Å². The summed E-state index contributed by atoms with van der Waals surface area (Å²) in [5.41, 5.74) is 0.513. The number of rotatable bonds is 2. The number of hydrogen-bond acceptors (Lipinski definition) is 6. The molecule has 0 saturated carbocycles. The molecule has 22 heavy (non-hydrogen) atoms. The first-order valence-corrected chi connectivity index (χ1v) is 7.97. The van der Waals surface area contributed by atoms with E-state index < -0.39 is 0 Å². The summed E-state index contributed by atoms with van der Waals surface area (Å²) in [6, 6.07) is 0. The first-order valence-electron chi connectivity index (χ1n) is 7.97. The first kappa shape index (κ1) is 15.4. The van der Waals surface area contributed by atoms with Gasteiger partial charge in [0.05, 0.1) is 17.8 Å². The van der Waals surface area contributed by atoms with E-state index in [9.17, 15) is 9.90 Å². The second-order valence-corrected chi connectivity index (χ2v) is 6.42. The Morgan fingerprint density at radius 1 is 1.41 bits per heavy atom. The third kappa shape index (κ3) is 2.87. The van der Waals surface area contributed by atoms with Crippen LogP contribution in [0, 0.1) is 6.92 Å². The van der Waals surface area contributed by atoms with Crippen LogP contribution < -0.4 is 0 Å². The summed E-state index contributed by atoms with van der Waals surface area (Å²) in [5, 5.41) is 17.4. The van der Waals surface area contributed by atoms with E-state index in [0.29, 0.717) is 31.6 Å². The Balaban J connectivity index is 1.65. The highest BCUT2D eigenvalue weighted by molar-refractivity contribution is 5.93. The summed E-state index contributed by atoms with van der Waals surface area (Å²) in [4.78, 5) is 14.2. The van der Waals surface area contributed by atoms with Gasteiger partial charge in [0.25, 0.3) is 5.91 Å². The largest absolute Gasteiger partial charge is 0.393 e. The minimum absolute atomic E-state index is 0.119. The van der Waals surface area contributed by atoms with Crippen LogP contribution in [0.1, 0.15) is 55.2 Å². The Kier molecular flexibility index (Phi) is 4.18. The van der Waals surface area contributed by atoms with E-state index in [0.717, 1.165) is 19.3 Å². The minimum atomic E-state index is -0.303. The molecule has 2 aliphatic heterocycles. The van der Waals surface area contributed by atoms with E-state index in [2.05, 4.69) is 21.9 Å². The molecule has 7 nitrogen and oxygen atoms in total. The lowest BCUT2D eigenvalue weighted by Gasteiger charge is -2.47. The third-order valence-corrected chi connectivity index (χ3v) is 4.83. The van der Waals surface area contributed by atoms with Crippen molar-refractivity contribution in [3.05, 3.63) is 11.4 Å². The second kappa shape index (κ2) is 5.96. The number of aliphatic hydroxyl groups excluding tert-OH is 1. The van der Waals surface area contributed by atoms with Gasteiger partial charge in [0.15, 0.2) is 5.69 Å². The number of aliphatic hydroxyl groups is 1. The van der Waals surface area contributed by atoms with E-state index in [1.54, 1.807) is 11.8 Å². The van der Waals surface area contributed by atoms with Crippen LogP contribution in [0.15, 0.2) is 4.63 Å². The molecule has 0 unspecified atom stereocenters. The first-order chi connectivity index (χ1) is 10.5. The molecule has 0 aliphatic carbocycles. The number of carbonyl (C=O) groups excluding carboxylic acids is 1. The number of aromatic nitrogens is 2. The molecular formula is C15H23N3O4. The molecule has 1 amide bonds. The maximum absolute atomic E-state index is 12.4. The van der Waals surface area contributed by atoms with Gasteiger partial charge in [-0.2, -0.15) is 0 Å². The standard InChI is InChI=1S/C15H23N3O4/c1-3-12-8-11(19)9-15(21-12)4-6-18(7-5-15)14(20)13-10(2)16-22-17-13/h11-12,19H,3-9H2,1-2H3/t11-,12+/m1/s1. The SMILES string of the molecule is CC[C@H]1C[C@@H](O)CC2(CCN(C(=O)c3nonc3C)CC2)O1. The average molecular weight is 309 g/mol. The summed E-state index contributed by atoms with van der Waals surface area (Å²) in [5.74, 6) is -0.142. The van der Waals surface area contributed by atoms with Gasteiger partial charge in [0.1, 0.15) is 5.69 Å². The molecule has 0 radical (unpaired) electrons. The van der Waals surface area contributed by atoms with Crippen LogP contribution in [0.25, 0.3) is 0 Å². The number of ether oxygens (including phenoxy) is 1. The van der Waals surface area contributed by atoms with Gasteiger partial charge >= 0.3 is 0 Å². The van der Waals surface area contributed by atoms with Crippen molar-refractivity contribution < 1.29 is 19.3 Å². The fourth-order valence-corrected chi connectivity index (χ4v) is 3.53. The summed E-state index contributed by atoms with van der Waals surface area (Å²) in [7, 11) is 0. The van der Waals surface area contributed by atoms with Gasteiger partial charge in [-0.05, 0) is 37.8 Å². The van der Waals surface area contributed by atoms with Gasteiger partial charge in [-0.15, -0.1) is 0 Å². The van der Waals surface area contributed by atoms with Gasteiger partial charge in [0.2, 0.25) is 0 Å². The molecule has 1 aromatic heterocycles. The lowest BCUT2D eigenvalue weighted by Crippen LogP contribution is -2.53. The van der Waals surface area contributed by atoms with E-state index in [-0.39, 0.29) is 29.4 Å². The van der Waals surface area contributed by atoms with Gasteiger partial charge in [-0.25, -0.2) is 4.63 Å². The molecule has 2 fully saturated rings. The Hall–Kier alpha value is -1.47. The predicted octanol–water partition coefficient (Wildman–Crippen LogP) is 1.30. The van der Waals surface area contributed by atoms with Gasteiger partial charge < -0.3 is 14.7 Å². The summed E-state index contributed by atoms with van der Waals surface area (Å²) in [6.07, 6.45) is 3.59. The molecule has 0 aromatic carbocycles. The van der Waals surface area contributed by atoms with Crippen LogP contribution in [-0.2, 0) is 4.74 Å². The van der Waals surface area contributed by atoms with Crippen LogP contribution in [0.2, 0.25) is 0 Å². The number of carbonyl (C=O) groups is 1. The summed E-state index contributed by atoms with van der Waals surface area (Å²) >= 11 is 0. The van der Waals surface area contributed by atoms with Crippen LogP contribution in [0.3, 0.4) is 0 Å². The normalized spacial score (nSPS) is 28.0. The van der Waals surface area contributed by atoms with Crippen LogP contribution >= 0.6 is 0 Å². The predicted molar refractivity (Wildman–Crippen MR) is 77.3 cm³/mol. The highest BCUT2D eigenvalue weighted by atomic mass is 16.6. The van der Waals surface area contributed by atoms with Crippen molar-refractivity contribution in [3.8, 4) is 0 Å². The van der Waals surface area contributed by atoms with Crippen molar-refractivity contribution in [3.63, 3.8) is 0 Å². The van der Waals surface area contributed by atoms with E-state index in [4.69, 9.17) is 4.74 Å². The quantitative estimate of drug-likeness (QED) is 0.886. The van der Waals surface area contributed by atoms with Crippen LogP contribution in [0.4, 0.5) is 0 Å². The molecular weight excluding hydrogens is 286 g/mol. The maximum atomic E-state index is 12.4. The van der Waals surface area contributed by atoms with Crippen LogP contribution in [-0.4, -0.2) is 57.1 Å². The number of likely N-dealkylation sites (tertiary alicyclic amines) is 1. The Morgan fingerprint density at radius 2 is 2.14 bits per heavy atom. The lowest BCUT2D eigenvalue weighted by molar-refractivity contribution is -0.179. The third-order valence-electron chi connectivity index (χ3n) is 4.83. The van der Waals surface area contributed by atoms with E-state index >= 15 is 0 Å². The molecule has 2 saturated heterocycles. The average Bonchev–Trinajstić information content (AvgIpc) is 2.92. The molecule has 2 atom stereocenters. The maximum Gasteiger partial charge on any atom is 0.278 e. The fourth-order valence-electron chi connectivity index (χ4n) is 3.53. The fraction of sp³-hybridized carbons (Fsp3) is 0.800. The highest BCUT2D eigenvalue weighted by Gasteiger charge is 2.43. The Bertz CT molecular complexity index is 537. The summed E-state index contributed by atoms with van der Waals surface area (Å²) in [6.45, 7) is 5.00. The van der Waals surface area contributed by atoms with Crippen molar-refractivity contribution in [1.29, 1.82) is 0 Å². The zero-order valence-corrected chi connectivity index (χ0v) is 13.1. The Morgan fingerprint density at radius 3 is 2.73 bits per heavy atom. The highest BCUT2D eigenvalue weighted by Crippen LogP contribution is 2.38. The molecule has 3 heterocycles. The zero-order valence-electron chi connectivity index (χ0n) is 13.1. The van der Waals surface area contributed by atoms with Gasteiger partial charge in [0, 0.05) is 19.5 Å². The van der Waals surface area contributed by atoms with Gasteiger partial charge in [-0.1, -0.05) is 12.1 Å². The van der Waals surface area contributed by atoms with Crippen molar-refractivity contribution >= 4 is 5.91 Å². The van der Waals surface area contributed by atoms with E-state index in [1.807, 2.05) is 0 Å². The van der Waals surface area contributed by atoms with E-state index in [1.165, 1.54) is 0 Å². The number of piperidine rings is 1. The van der Waals surface area contributed by atoms with Crippen molar-refractivity contribution in [2.24, 2.45) is 0 Å². The van der Waals surface area contributed by atoms with Crippen molar-refractivity contribution in [1.82, 2.24) is 15.2 Å². The zero-order chi connectivity index (χ0) is 15.7. The lowest BCUT2D eigenvalue weighted by atomic mass is 9.81. The number of hydrogen-bond donors (Lipinski definition) is 1. The van der Waals surface area contributed by atoms with Crippen LogP contribution in [0.5, 0.6) is 0 Å². The second-order valence-electron chi connectivity index (χ2n) is 6.42. The summed E-state index contributed by atoms with van der Waals surface area (Å²) < 4.78 is 10.8.